The molecule has 2 aromatic rings. The van der Waals surface area contributed by atoms with Crippen LogP contribution in [0.1, 0.15) is 68.4 Å². The smallest absolute Gasteiger partial charge is 0.313 e. The average Bonchev–Trinajstić information content (AvgIpc) is 2.89. The molecule has 0 aromatic heterocycles. The maximum atomic E-state index is 13.6. The second kappa shape index (κ2) is 12.1. The molecule has 1 aliphatic carbocycles. The molecule has 0 N–H and O–H groups in total. The van der Waals surface area contributed by atoms with Crippen LogP contribution in [-0.4, -0.2) is 48.1 Å². The molecule has 4 rings (SSSR count). The summed E-state index contributed by atoms with van der Waals surface area (Å²) in [4.78, 5) is 27.4. The van der Waals surface area contributed by atoms with Crippen molar-refractivity contribution < 1.29 is 18.8 Å². The molecule has 0 bridgehead atoms. The highest BCUT2D eigenvalue weighted by atomic mass is 35.5. The topological polar surface area (TPSA) is 72.7 Å². The third kappa shape index (κ3) is 6.10. The fourth-order valence-electron chi connectivity index (χ4n) is 6.35. The zero-order chi connectivity index (χ0) is 26.6. The van der Waals surface area contributed by atoms with Gasteiger partial charge in [-0.1, -0.05) is 54.2 Å². The van der Waals surface area contributed by atoms with Crippen LogP contribution in [0.3, 0.4) is 0 Å². The van der Waals surface area contributed by atoms with E-state index in [4.69, 9.17) is 27.9 Å². The molecule has 200 valence electrons. The summed E-state index contributed by atoms with van der Waals surface area (Å²) >= 11 is 12.4. The maximum Gasteiger partial charge on any atom is 0.313 e. The van der Waals surface area contributed by atoms with Crippen LogP contribution in [0.4, 0.5) is 4.39 Å². The van der Waals surface area contributed by atoms with Gasteiger partial charge < -0.3 is 4.74 Å². The molecule has 0 radical (unpaired) electrons. The summed E-state index contributed by atoms with van der Waals surface area (Å²) < 4.78 is 19.1. The lowest BCUT2D eigenvalue weighted by Crippen LogP contribution is -2.53. The van der Waals surface area contributed by atoms with Crippen LogP contribution in [0.25, 0.3) is 0 Å². The number of esters is 1. The molecule has 37 heavy (non-hydrogen) atoms. The summed E-state index contributed by atoms with van der Waals surface area (Å²) in [5.41, 5.74) is 0.710. The van der Waals surface area contributed by atoms with Crippen molar-refractivity contribution in [2.75, 3.05) is 26.2 Å². The monoisotopic (exact) mass is 550 g/mol. The quantitative estimate of drug-likeness (QED) is 0.204. The van der Waals surface area contributed by atoms with E-state index >= 15 is 0 Å². The summed E-state index contributed by atoms with van der Waals surface area (Å²) in [6.45, 7) is 2.79. The molecule has 3 unspecified atom stereocenters. The lowest BCUT2D eigenvalue weighted by atomic mass is 9.65. The van der Waals surface area contributed by atoms with Crippen molar-refractivity contribution >= 4 is 29.2 Å². The minimum absolute atomic E-state index is 0.201. The molecular formula is C28H33Cl2FN2O4. The van der Waals surface area contributed by atoms with Crippen molar-refractivity contribution in [3.63, 3.8) is 0 Å². The number of piperidine rings is 1. The highest BCUT2D eigenvalue weighted by Gasteiger charge is 2.52. The van der Waals surface area contributed by atoms with Crippen LogP contribution in [0.2, 0.25) is 10.0 Å². The number of carbonyl (C=O) groups excluding carboxylic acids is 1. The molecule has 1 heterocycles. The van der Waals surface area contributed by atoms with Gasteiger partial charge in [0.15, 0.2) is 0 Å². The van der Waals surface area contributed by atoms with Crippen LogP contribution < -0.4 is 0 Å². The van der Waals surface area contributed by atoms with E-state index in [0.717, 1.165) is 31.2 Å². The van der Waals surface area contributed by atoms with E-state index in [1.54, 1.807) is 25.1 Å². The third-order valence-corrected chi connectivity index (χ3v) is 8.95. The number of rotatable bonds is 8. The molecule has 0 amide bonds. The first-order valence-corrected chi connectivity index (χ1v) is 13.7. The lowest BCUT2D eigenvalue weighted by Gasteiger charge is -2.48. The zero-order valence-corrected chi connectivity index (χ0v) is 22.5. The molecule has 0 spiro atoms. The van der Waals surface area contributed by atoms with Gasteiger partial charge in [0.2, 0.25) is 6.54 Å². The van der Waals surface area contributed by atoms with E-state index < -0.39 is 23.8 Å². The molecule has 1 saturated heterocycles. The maximum absolute atomic E-state index is 13.6. The van der Waals surface area contributed by atoms with Crippen LogP contribution in [0.5, 0.6) is 0 Å². The normalized spacial score (nSPS) is 22.8. The van der Waals surface area contributed by atoms with Crippen LogP contribution in [0.15, 0.2) is 42.5 Å². The Morgan fingerprint density at radius 3 is 2.43 bits per heavy atom. The van der Waals surface area contributed by atoms with Gasteiger partial charge in [0, 0.05) is 11.0 Å². The van der Waals surface area contributed by atoms with Crippen molar-refractivity contribution in [1.29, 1.82) is 0 Å². The second-order valence-corrected chi connectivity index (χ2v) is 11.0. The summed E-state index contributed by atoms with van der Waals surface area (Å²) in [5.74, 6) is -1.05. The van der Waals surface area contributed by atoms with Gasteiger partial charge in [0.1, 0.15) is 5.82 Å². The number of nitrogens with zero attached hydrogens (tertiary/aromatic N) is 2. The van der Waals surface area contributed by atoms with E-state index in [9.17, 15) is 19.3 Å². The summed E-state index contributed by atoms with van der Waals surface area (Å²) in [7, 11) is 0. The van der Waals surface area contributed by atoms with Crippen molar-refractivity contribution in [3.8, 4) is 0 Å². The number of ether oxygens (including phenoxy) is 1. The molecule has 1 saturated carbocycles. The van der Waals surface area contributed by atoms with Crippen LogP contribution in [-0.2, 0) is 9.53 Å². The Balaban J connectivity index is 1.63. The Hall–Kier alpha value is -2.22. The molecule has 2 aliphatic rings. The van der Waals surface area contributed by atoms with Crippen molar-refractivity contribution in [2.24, 2.45) is 5.41 Å². The number of carbonyl (C=O) groups is 1. The molecule has 9 heteroatoms. The number of benzene rings is 2. The van der Waals surface area contributed by atoms with Gasteiger partial charge >= 0.3 is 5.97 Å². The average molecular weight is 551 g/mol. The number of hydrogen-bond donors (Lipinski definition) is 0. The van der Waals surface area contributed by atoms with Crippen LogP contribution in [0, 0.1) is 21.3 Å². The third-order valence-electron chi connectivity index (χ3n) is 8.21. The predicted molar refractivity (Wildman–Crippen MR) is 142 cm³/mol. The van der Waals surface area contributed by atoms with E-state index in [-0.39, 0.29) is 29.3 Å². The van der Waals surface area contributed by atoms with Gasteiger partial charge in [0.05, 0.1) is 28.0 Å². The van der Waals surface area contributed by atoms with Gasteiger partial charge in [-0.2, -0.15) is 0 Å². The van der Waals surface area contributed by atoms with Gasteiger partial charge in [-0.3, -0.25) is 19.8 Å². The molecule has 6 nitrogen and oxygen atoms in total. The molecule has 3 atom stereocenters. The van der Waals surface area contributed by atoms with Gasteiger partial charge in [-0.05, 0) is 87.0 Å². The van der Waals surface area contributed by atoms with Crippen LogP contribution >= 0.6 is 23.2 Å². The first-order valence-electron chi connectivity index (χ1n) is 13.0. The number of halogens is 3. The zero-order valence-electron chi connectivity index (χ0n) is 21.0. The van der Waals surface area contributed by atoms with E-state index in [0.29, 0.717) is 41.5 Å². The van der Waals surface area contributed by atoms with E-state index in [2.05, 4.69) is 4.90 Å². The highest BCUT2D eigenvalue weighted by Crippen LogP contribution is 2.48. The van der Waals surface area contributed by atoms with Gasteiger partial charge in [-0.15, -0.1) is 0 Å². The van der Waals surface area contributed by atoms with E-state index in [1.807, 2.05) is 12.1 Å². The van der Waals surface area contributed by atoms with Crippen molar-refractivity contribution in [2.45, 2.75) is 63.3 Å². The molecule has 2 aromatic carbocycles. The van der Waals surface area contributed by atoms with Crippen molar-refractivity contribution in [1.82, 2.24) is 4.90 Å². The largest absolute Gasteiger partial charge is 0.466 e. The summed E-state index contributed by atoms with van der Waals surface area (Å²) in [6.07, 6.45) is 5.19. The Morgan fingerprint density at radius 2 is 1.81 bits per heavy atom. The first-order chi connectivity index (χ1) is 17.7. The molecule has 1 aliphatic heterocycles. The number of nitro groups is 1. The second-order valence-electron chi connectivity index (χ2n) is 10.2. The SMILES string of the molecule is CCOC(=O)C1(C(C[N+](=O)[O-])c2ccc(Cl)c(Cl)c2)CCN(C2CCCCC2c2ccc(F)cc2)CC1. The van der Waals surface area contributed by atoms with Gasteiger partial charge in [-0.25, -0.2) is 4.39 Å². The first kappa shape index (κ1) is 27.8. The fourth-order valence-corrected chi connectivity index (χ4v) is 6.66. The summed E-state index contributed by atoms with van der Waals surface area (Å²) in [5, 5.41) is 12.4. The standard InChI is InChI=1S/C28H33Cl2FN2O4/c1-2-37-27(34)28(23(18-33(35)36)20-9-12-24(29)25(30)17-20)13-15-32(16-14-28)26-6-4-3-5-22(26)19-7-10-21(31)11-8-19/h7-12,17,22-23,26H,2-6,13-16,18H2,1H3. The minimum atomic E-state index is -1.04. The molecular weight excluding hydrogens is 518 g/mol. The Labute approximate surface area is 227 Å². The van der Waals surface area contributed by atoms with Crippen molar-refractivity contribution in [3.05, 3.63) is 79.6 Å². The summed E-state index contributed by atoms with van der Waals surface area (Å²) in [6, 6.07) is 12.0. The number of likely N-dealkylation sites (tertiary alicyclic amines) is 1. The van der Waals surface area contributed by atoms with Gasteiger partial charge in [0.25, 0.3) is 0 Å². The Morgan fingerprint density at radius 1 is 1.14 bits per heavy atom. The van der Waals surface area contributed by atoms with E-state index in [1.165, 1.54) is 12.1 Å². The fraction of sp³-hybridized carbons (Fsp3) is 0.536. The molecule has 2 fully saturated rings. The predicted octanol–water partition coefficient (Wildman–Crippen LogP) is 6.86. The minimum Gasteiger partial charge on any atom is -0.466 e. The Bertz CT molecular complexity index is 1110. The number of hydrogen-bond acceptors (Lipinski definition) is 5. The Kier molecular flexibility index (Phi) is 9.09. The lowest BCUT2D eigenvalue weighted by molar-refractivity contribution is -0.486. The highest BCUT2D eigenvalue weighted by molar-refractivity contribution is 6.42.